The minimum absolute atomic E-state index is 0.233. The molecule has 4 heteroatoms. The number of nitrogens with two attached hydrogens (primary N) is 1. The summed E-state index contributed by atoms with van der Waals surface area (Å²) in [6, 6.07) is 0.233. The van der Waals surface area contributed by atoms with Gasteiger partial charge in [0, 0.05) is 36.8 Å². The molecule has 2 heterocycles. The Morgan fingerprint density at radius 2 is 2.31 bits per heavy atom. The van der Waals surface area contributed by atoms with E-state index in [0.29, 0.717) is 0 Å². The van der Waals surface area contributed by atoms with Crippen LogP contribution in [0.5, 0.6) is 0 Å². The summed E-state index contributed by atoms with van der Waals surface area (Å²) in [6.45, 7) is 3.88. The quantitative estimate of drug-likeness (QED) is 0.875. The molecule has 0 amide bonds. The molecule has 1 unspecified atom stereocenters. The molecule has 1 aromatic rings. The summed E-state index contributed by atoms with van der Waals surface area (Å²) in [7, 11) is 0. The first-order valence-corrected chi connectivity index (χ1v) is 6.82. The van der Waals surface area contributed by atoms with Gasteiger partial charge in [-0.25, -0.2) is 4.98 Å². The Bertz CT molecular complexity index is 319. The monoisotopic (exact) mass is 240 g/mol. The second-order valence-corrected chi connectivity index (χ2v) is 5.86. The Morgan fingerprint density at radius 1 is 1.56 bits per heavy atom. The fraction of sp³-hybridized carbons (Fsp3) is 0.750. The average Bonchev–Trinajstić information content (AvgIpc) is 2.66. The molecule has 2 N–H and O–H groups in total. The van der Waals surface area contributed by atoms with Crippen molar-refractivity contribution in [1.82, 2.24) is 4.98 Å². The third-order valence-electron chi connectivity index (χ3n) is 2.93. The van der Waals surface area contributed by atoms with Crippen LogP contribution in [0, 0.1) is 5.92 Å². The van der Waals surface area contributed by atoms with Gasteiger partial charge in [0.25, 0.3) is 0 Å². The SMILES string of the molecule is CC(N)Cc1cnc(CC2CCOCC2)s1. The van der Waals surface area contributed by atoms with Crippen molar-refractivity contribution in [3.63, 3.8) is 0 Å². The van der Waals surface area contributed by atoms with Crippen LogP contribution in [0.2, 0.25) is 0 Å². The largest absolute Gasteiger partial charge is 0.381 e. The zero-order valence-corrected chi connectivity index (χ0v) is 10.6. The number of hydrogen-bond acceptors (Lipinski definition) is 4. The number of thiazole rings is 1. The van der Waals surface area contributed by atoms with Crippen LogP contribution in [0.3, 0.4) is 0 Å². The zero-order chi connectivity index (χ0) is 11.4. The molecule has 90 valence electrons. The molecular formula is C12H20N2OS. The van der Waals surface area contributed by atoms with E-state index in [1.54, 1.807) is 0 Å². The molecule has 1 fully saturated rings. The number of aromatic nitrogens is 1. The van der Waals surface area contributed by atoms with E-state index in [-0.39, 0.29) is 6.04 Å². The number of hydrogen-bond donors (Lipinski definition) is 1. The summed E-state index contributed by atoms with van der Waals surface area (Å²) in [4.78, 5) is 5.80. The van der Waals surface area contributed by atoms with Gasteiger partial charge in [-0.15, -0.1) is 11.3 Å². The molecule has 0 spiro atoms. The number of nitrogens with zero attached hydrogens (tertiary/aromatic N) is 1. The van der Waals surface area contributed by atoms with Crippen molar-refractivity contribution in [2.75, 3.05) is 13.2 Å². The summed E-state index contributed by atoms with van der Waals surface area (Å²) in [5.41, 5.74) is 5.78. The summed E-state index contributed by atoms with van der Waals surface area (Å²) >= 11 is 1.82. The Kier molecular flexibility index (Phi) is 4.32. The highest BCUT2D eigenvalue weighted by Gasteiger charge is 2.16. The molecule has 2 rings (SSSR count). The van der Waals surface area contributed by atoms with Crippen LogP contribution < -0.4 is 5.73 Å². The minimum atomic E-state index is 0.233. The molecule has 1 aliphatic heterocycles. The maximum atomic E-state index is 5.78. The molecule has 1 aromatic heterocycles. The smallest absolute Gasteiger partial charge is 0.0930 e. The fourth-order valence-electron chi connectivity index (χ4n) is 2.05. The van der Waals surface area contributed by atoms with Crippen LogP contribution >= 0.6 is 11.3 Å². The van der Waals surface area contributed by atoms with Gasteiger partial charge in [0.1, 0.15) is 0 Å². The van der Waals surface area contributed by atoms with E-state index in [1.165, 1.54) is 22.7 Å². The van der Waals surface area contributed by atoms with Gasteiger partial charge in [0.15, 0.2) is 0 Å². The van der Waals surface area contributed by atoms with Gasteiger partial charge in [-0.2, -0.15) is 0 Å². The Morgan fingerprint density at radius 3 is 3.00 bits per heavy atom. The molecule has 0 aliphatic carbocycles. The van der Waals surface area contributed by atoms with E-state index < -0.39 is 0 Å². The number of ether oxygens (including phenoxy) is 1. The van der Waals surface area contributed by atoms with Crippen LogP contribution in [-0.4, -0.2) is 24.2 Å². The van der Waals surface area contributed by atoms with E-state index in [9.17, 15) is 0 Å². The lowest BCUT2D eigenvalue weighted by atomic mass is 9.97. The topological polar surface area (TPSA) is 48.1 Å². The van der Waals surface area contributed by atoms with Crippen molar-refractivity contribution in [1.29, 1.82) is 0 Å². The third-order valence-corrected chi connectivity index (χ3v) is 3.97. The van der Waals surface area contributed by atoms with Gasteiger partial charge in [0.2, 0.25) is 0 Å². The maximum absolute atomic E-state index is 5.78. The first-order chi connectivity index (χ1) is 7.74. The summed E-state index contributed by atoms with van der Waals surface area (Å²) in [6.07, 6.45) is 6.42. The third kappa shape index (κ3) is 3.54. The molecule has 0 radical (unpaired) electrons. The van der Waals surface area contributed by atoms with Crippen molar-refractivity contribution in [2.45, 2.75) is 38.6 Å². The molecule has 0 aromatic carbocycles. The van der Waals surface area contributed by atoms with Crippen molar-refractivity contribution in [2.24, 2.45) is 11.7 Å². The molecule has 0 saturated carbocycles. The normalized spacial score (nSPS) is 19.9. The van der Waals surface area contributed by atoms with Gasteiger partial charge < -0.3 is 10.5 Å². The molecular weight excluding hydrogens is 220 g/mol. The van der Waals surface area contributed by atoms with E-state index in [2.05, 4.69) is 4.98 Å². The van der Waals surface area contributed by atoms with Gasteiger partial charge in [-0.3, -0.25) is 0 Å². The van der Waals surface area contributed by atoms with Crippen LogP contribution in [-0.2, 0) is 17.6 Å². The first kappa shape index (κ1) is 12.0. The highest BCUT2D eigenvalue weighted by molar-refractivity contribution is 7.11. The fourth-order valence-corrected chi connectivity index (χ4v) is 3.23. The van der Waals surface area contributed by atoms with E-state index in [4.69, 9.17) is 10.5 Å². The predicted molar refractivity (Wildman–Crippen MR) is 66.7 cm³/mol. The van der Waals surface area contributed by atoms with Crippen LogP contribution in [0.4, 0.5) is 0 Å². The predicted octanol–water partition coefficient (Wildman–Crippen LogP) is 2.00. The van der Waals surface area contributed by atoms with Crippen LogP contribution in [0.25, 0.3) is 0 Å². The van der Waals surface area contributed by atoms with Crippen molar-refractivity contribution in [3.8, 4) is 0 Å². The van der Waals surface area contributed by atoms with E-state index in [1.807, 2.05) is 24.5 Å². The minimum Gasteiger partial charge on any atom is -0.381 e. The van der Waals surface area contributed by atoms with Crippen LogP contribution in [0.1, 0.15) is 29.7 Å². The van der Waals surface area contributed by atoms with Crippen LogP contribution in [0.15, 0.2) is 6.20 Å². The Hall–Kier alpha value is -0.450. The molecule has 0 bridgehead atoms. The molecule has 1 atom stereocenters. The van der Waals surface area contributed by atoms with Crippen molar-refractivity contribution < 1.29 is 4.74 Å². The Labute approximate surface area is 101 Å². The lowest BCUT2D eigenvalue weighted by Gasteiger charge is -2.20. The first-order valence-electron chi connectivity index (χ1n) is 6.01. The lowest BCUT2D eigenvalue weighted by molar-refractivity contribution is 0.0665. The van der Waals surface area contributed by atoms with Crippen molar-refractivity contribution in [3.05, 3.63) is 16.1 Å². The van der Waals surface area contributed by atoms with E-state index >= 15 is 0 Å². The highest BCUT2D eigenvalue weighted by Crippen LogP contribution is 2.23. The summed E-state index contributed by atoms with van der Waals surface area (Å²) in [5.74, 6) is 0.767. The highest BCUT2D eigenvalue weighted by atomic mass is 32.1. The molecule has 16 heavy (non-hydrogen) atoms. The summed E-state index contributed by atoms with van der Waals surface area (Å²) < 4.78 is 5.36. The Balaban J connectivity index is 1.86. The van der Waals surface area contributed by atoms with Gasteiger partial charge in [-0.05, 0) is 32.1 Å². The van der Waals surface area contributed by atoms with Crippen molar-refractivity contribution >= 4 is 11.3 Å². The van der Waals surface area contributed by atoms with Gasteiger partial charge in [0.05, 0.1) is 5.01 Å². The molecule has 1 aliphatic rings. The van der Waals surface area contributed by atoms with Gasteiger partial charge in [-0.1, -0.05) is 0 Å². The standard InChI is InChI=1S/C12H20N2OS/c1-9(13)6-11-8-14-12(16-11)7-10-2-4-15-5-3-10/h8-10H,2-7,13H2,1H3. The second-order valence-electron chi connectivity index (χ2n) is 4.66. The lowest BCUT2D eigenvalue weighted by Crippen LogP contribution is -2.17. The number of rotatable bonds is 4. The summed E-state index contributed by atoms with van der Waals surface area (Å²) in [5, 5.41) is 1.27. The second kappa shape index (κ2) is 5.75. The maximum Gasteiger partial charge on any atom is 0.0930 e. The van der Waals surface area contributed by atoms with Gasteiger partial charge >= 0.3 is 0 Å². The van der Waals surface area contributed by atoms with E-state index in [0.717, 1.165) is 32.0 Å². The zero-order valence-electron chi connectivity index (χ0n) is 9.82. The molecule has 1 saturated heterocycles. The molecule has 3 nitrogen and oxygen atoms in total. The average molecular weight is 240 g/mol.